The van der Waals surface area contributed by atoms with Crippen LogP contribution in [0.2, 0.25) is 0 Å². The maximum absolute atomic E-state index is 13.1. The molecule has 7 nitrogen and oxygen atoms in total. The van der Waals surface area contributed by atoms with Crippen molar-refractivity contribution >= 4 is 39.8 Å². The van der Waals surface area contributed by atoms with E-state index in [0.717, 1.165) is 29.7 Å². The van der Waals surface area contributed by atoms with Crippen molar-refractivity contribution in [2.45, 2.75) is 58.0 Å². The predicted molar refractivity (Wildman–Crippen MR) is 122 cm³/mol. The van der Waals surface area contributed by atoms with Gasteiger partial charge in [0.05, 0.1) is 17.9 Å². The second kappa shape index (κ2) is 8.75. The summed E-state index contributed by atoms with van der Waals surface area (Å²) < 4.78 is 5.63. The van der Waals surface area contributed by atoms with Gasteiger partial charge >= 0.3 is 5.97 Å². The van der Waals surface area contributed by atoms with Gasteiger partial charge in [-0.3, -0.25) is 14.4 Å². The molecule has 1 saturated carbocycles. The molecule has 166 valence electrons. The highest BCUT2D eigenvalue weighted by atomic mass is 32.1. The maximum atomic E-state index is 13.1. The van der Waals surface area contributed by atoms with Crippen molar-refractivity contribution in [2.75, 3.05) is 10.6 Å². The van der Waals surface area contributed by atoms with Crippen molar-refractivity contribution in [3.63, 3.8) is 0 Å². The van der Waals surface area contributed by atoms with Gasteiger partial charge in [-0.1, -0.05) is 12.5 Å². The van der Waals surface area contributed by atoms with Gasteiger partial charge in [-0.25, -0.2) is 0 Å². The fourth-order valence-electron chi connectivity index (χ4n) is 4.62. The van der Waals surface area contributed by atoms with Gasteiger partial charge in [-0.05, 0) is 63.3 Å². The zero-order chi connectivity index (χ0) is 22.9. The number of carbonyl (C=O) groups is 3. The van der Waals surface area contributed by atoms with E-state index in [2.05, 4.69) is 16.7 Å². The van der Waals surface area contributed by atoms with Gasteiger partial charge in [-0.2, -0.15) is 5.26 Å². The Kier molecular flexibility index (Phi) is 6.02. The number of rotatable bonds is 4. The molecular weight excluding hydrogens is 426 g/mol. The van der Waals surface area contributed by atoms with Gasteiger partial charge < -0.3 is 15.4 Å². The molecule has 2 heterocycles. The number of nitrogens with zero attached hydrogens (tertiary/aromatic N) is 1. The highest BCUT2D eigenvalue weighted by Gasteiger charge is 2.52. The van der Waals surface area contributed by atoms with Crippen molar-refractivity contribution in [3.05, 3.63) is 45.8 Å². The van der Waals surface area contributed by atoms with Crippen LogP contribution in [-0.4, -0.2) is 23.4 Å². The van der Waals surface area contributed by atoms with E-state index in [4.69, 9.17) is 4.74 Å². The van der Waals surface area contributed by atoms with Crippen molar-refractivity contribution in [2.24, 2.45) is 5.92 Å². The Balaban J connectivity index is 1.49. The molecule has 2 N–H and O–H groups in total. The molecule has 1 saturated heterocycles. The Hall–Kier alpha value is -3.18. The zero-order valence-corrected chi connectivity index (χ0v) is 18.9. The second-order valence-electron chi connectivity index (χ2n) is 8.48. The molecule has 8 heteroatoms. The third kappa shape index (κ3) is 4.13. The molecule has 0 radical (unpaired) electrons. The van der Waals surface area contributed by atoms with Crippen LogP contribution in [-0.2, 0) is 14.3 Å². The first-order chi connectivity index (χ1) is 15.3. The molecule has 1 aliphatic heterocycles. The molecule has 1 atom stereocenters. The van der Waals surface area contributed by atoms with Crippen LogP contribution in [0.3, 0.4) is 0 Å². The molecule has 32 heavy (non-hydrogen) atoms. The minimum atomic E-state index is -0.697. The molecule has 4 rings (SSSR count). The van der Waals surface area contributed by atoms with E-state index in [1.54, 1.807) is 24.3 Å². The topological polar surface area (TPSA) is 108 Å². The number of ether oxygens (including phenoxy) is 1. The van der Waals surface area contributed by atoms with Crippen LogP contribution < -0.4 is 10.6 Å². The summed E-state index contributed by atoms with van der Waals surface area (Å²) in [4.78, 5) is 38.8. The first-order valence-corrected chi connectivity index (χ1v) is 11.6. The lowest BCUT2D eigenvalue weighted by Crippen LogP contribution is -2.43. The molecule has 1 aliphatic carbocycles. The summed E-state index contributed by atoms with van der Waals surface area (Å²) in [5, 5.41) is 15.6. The van der Waals surface area contributed by atoms with E-state index in [-0.39, 0.29) is 24.2 Å². The van der Waals surface area contributed by atoms with Gasteiger partial charge in [0.25, 0.3) is 5.91 Å². The number of amides is 2. The van der Waals surface area contributed by atoms with Crippen molar-refractivity contribution < 1.29 is 19.1 Å². The summed E-state index contributed by atoms with van der Waals surface area (Å²) in [6, 6.07) is 8.78. The van der Waals surface area contributed by atoms with Crippen molar-refractivity contribution in [3.8, 4) is 6.07 Å². The summed E-state index contributed by atoms with van der Waals surface area (Å²) in [6.07, 6.45) is 4.47. The lowest BCUT2D eigenvalue weighted by molar-refractivity contribution is -0.153. The average molecular weight is 452 g/mol. The van der Waals surface area contributed by atoms with Gasteiger partial charge in [0.2, 0.25) is 5.91 Å². The largest absolute Gasteiger partial charge is 0.458 e. The number of carbonyl (C=O) groups excluding carboxylic acids is 3. The van der Waals surface area contributed by atoms with E-state index in [1.165, 1.54) is 11.3 Å². The molecular formula is C24H25N3O4S. The van der Waals surface area contributed by atoms with E-state index < -0.39 is 11.5 Å². The van der Waals surface area contributed by atoms with E-state index in [0.29, 0.717) is 34.7 Å². The fraction of sp³-hybridized carbons (Fsp3) is 0.417. The molecule has 1 aromatic carbocycles. The average Bonchev–Trinajstić information content (AvgIpc) is 3.23. The standard InChI is InChI=1S/C24H25N3O4S/c1-14-15(2)32-23(18(14)13-25)27-21(29)16-7-6-8-17(11-16)26-22(30)19-12-20(28)31-24(19)9-4-3-5-10-24/h6-8,11,19H,3-5,9-10,12H2,1-2H3,(H,26,30)(H,27,29). The molecule has 0 bridgehead atoms. The van der Waals surface area contributed by atoms with Crippen LogP contribution in [0.1, 0.15) is 64.9 Å². The fourth-order valence-corrected chi connectivity index (χ4v) is 5.62. The third-order valence-corrected chi connectivity index (χ3v) is 7.58. The number of hydrogen-bond donors (Lipinski definition) is 2. The number of anilines is 2. The quantitative estimate of drug-likeness (QED) is 0.656. The zero-order valence-electron chi connectivity index (χ0n) is 18.1. The molecule has 2 amide bonds. The van der Waals surface area contributed by atoms with Gasteiger partial charge in [0.15, 0.2) is 0 Å². The van der Waals surface area contributed by atoms with Crippen LogP contribution in [0.5, 0.6) is 0 Å². The number of benzene rings is 1. The number of hydrogen-bond acceptors (Lipinski definition) is 6. The first-order valence-electron chi connectivity index (χ1n) is 10.8. The number of nitriles is 1. The Morgan fingerprint density at radius 2 is 1.94 bits per heavy atom. The Morgan fingerprint density at radius 1 is 1.19 bits per heavy atom. The Bertz CT molecular complexity index is 1120. The van der Waals surface area contributed by atoms with Gasteiger partial charge in [0.1, 0.15) is 16.7 Å². The summed E-state index contributed by atoms with van der Waals surface area (Å²) in [5.74, 6) is -1.47. The van der Waals surface area contributed by atoms with Crippen molar-refractivity contribution in [1.82, 2.24) is 0 Å². The molecule has 2 aliphatic rings. The van der Waals surface area contributed by atoms with Gasteiger partial charge in [-0.15, -0.1) is 11.3 Å². The summed E-state index contributed by atoms with van der Waals surface area (Å²) in [6.45, 7) is 3.76. The molecule has 2 fully saturated rings. The minimum Gasteiger partial charge on any atom is -0.458 e. The highest BCUT2D eigenvalue weighted by molar-refractivity contribution is 7.16. The first kappa shape index (κ1) is 22.0. The SMILES string of the molecule is Cc1sc(NC(=O)c2cccc(NC(=O)C3CC(=O)OC34CCCCC4)c2)c(C#N)c1C. The number of thiophene rings is 1. The van der Waals surface area contributed by atoms with Crippen LogP contribution in [0.4, 0.5) is 10.7 Å². The molecule has 2 aromatic rings. The Morgan fingerprint density at radius 3 is 2.66 bits per heavy atom. The van der Waals surface area contributed by atoms with E-state index in [9.17, 15) is 19.6 Å². The van der Waals surface area contributed by atoms with Crippen LogP contribution in [0.15, 0.2) is 24.3 Å². The number of aryl methyl sites for hydroxylation is 1. The minimum absolute atomic E-state index is 0.0834. The molecule has 1 unspecified atom stereocenters. The van der Waals surface area contributed by atoms with Crippen LogP contribution >= 0.6 is 11.3 Å². The van der Waals surface area contributed by atoms with E-state index >= 15 is 0 Å². The van der Waals surface area contributed by atoms with Crippen molar-refractivity contribution in [1.29, 1.82) is 5.26 Å². The summed E-state index contributed by atoms with van der Waals surface area (Å²) in [5.41, 5.74) is 1.47. The van der Waals surface area contributed by atoms with Crippen LogP contribution in [0.25, 0.3) is 0 Å². The Labute approximate surface area is 190 Å². The summed E-state index contributed by atoms with van der Waals surface area (Å²) in [7, 11) is 0. The lowest BCUT2D eigenvalue weighted by atomic mass is 9.75. The molecule has 1 spiro atoms. The summed E-state index contributed by atoms with van der Waals surface area (Å²) >= 11 is 1.36. The van der Waals surface area contributed by atoms with Crippen LogP contribution in [0, 0.1) is 31.1 Å². The van der Waals surface area contributed by atoms with Gasteiger partial charge in [0, 0.05) is 16.1 Å². The normalized spacial score (nSPS) is 19.3. The number of nitrogens with one attached hydrogen (secondary N) is 2. The highest BCUT2D eigenvalue weighted by Crippen LogP contribution is 2.44. The number of esters is 1. The lowest BCUT2D eigenvalue weighted by Gasteiger charge is -2.36. The predicted octanol–water partition coefficient (Wildman–Crippen LogP) is 4.69. The maximum Gasteiger partial charge on any atom is 0.307 e. The second-order valence-corrected chi connectivity index (χ2v) is 9.70. The monoisotopic (exact) mass is 451 g/mol. The van der Waals surface area contributed by atoms with E-state index in [1.807, 2.05) is 13.8 Å². The smallest absolute Gasteiger partial charge is 0.307 e. The third-order valence-electron chi connectivity index (χ3n) is 6.46. The molecule has 1 aromatic heterocycles.